The van der Waals surface area contributed by atoms with Gasteiger partial charge in [-0.05, 0) is 46.0 Å². The second-order valence-corrected chi connectivity index (χ2v) is 8.06. The molecule has 2 aliphatic rings. The standard InChI is InChI=1S/C19H25BO5/c1-18(2)19(3,4)25-20(24-18)13-10-8-12(9-11-13)16(21)14-6-5-7-15(14)17(22)23/h8-11,14-15H,5-7H2,1-4H3,(H,22,23)/t14-,15-/m1/s1. The van der Waals surface area contributed by atoms with Gasteiger partial charge in [0.25, 0.3) is 0 Å². The molecule has 0 radical (unpaired) electrons. The third-order valence-corrected chi connectivity index (χ3v) is 5.89. The zero-order valence-corrected chi connectivity index (χ0v) is 15.2. The van der Waals surface area contributed by atoms with Crippen molar-refractivity contribution in [3.63, 3.8) is 0 Å². The van der Waals surface area contributed by atoms with Crippen LogP contribution in [0.5, 0.6) is 0 Å². The van der Waals surface area contributed by atoms with Crippen LogP contribution in [-0.2, 0) is 14.1 Å². The first-order valence-corrected chi connectivity index (χ1v) is 8.85. The van der Waals surface area contributed by atoms with Crippen molar-refractivity contribution in [2.24, 2.45) is 11.8 Å². The van der Waals surface area contributed by atoms with Gasteiger partial charge in [-0.1, -0.05) is 30.7 Å². The lowest BCUT2D eigenvalue weighted by atomic mass is 9.78. The Labute approximate surface area is 148 Å². The van der Waals surface area contributed by atoms with Crippen molar-refractivity contribution in [2.75, 3.05) is 0 Å². The molecule has 0 unspecified atom stereocenters. The van der Waals surface area contributed by atoms with Crippen molar-refractivity contribution >= 4 is 24.3 Å². The SMILES string of the molecule is CC1(C)OB(c2ccc(C(=O)[C@@H]3CCC[C@H]3C(=O)O)cc2)OC1(C)C. The van der Waals surface area contributed by atoms with E-state index in [9.17, 15) is 14.7 Å². The number of hydrogen-bond donors (Lipinski definition) is 1. The minimum atomic E-state index is -0.871. The number of carbonyl (C=O) groups is 2. The van der Waals surface area contributed by atoms with Gasteiger partial charge in [-0.25, -0.2) is 0 Å². The van der Waals surface area contributed by atoms with Crippen molar-refractivity contribution in [1.29, 1.82) is 0 Å². The Kier molecular flexibility index (Phi) is 4.54. The number of ketones is 1. The zero-order chi connectivity index (χ0) is 18.4. The molecular weight excluding hydrogens is 319 g/mol. The topological polar surface area (TPSA) is 72.8 Å². The highest BCUT2D eigenvalue weighted by Gasteiger charge is 2.51. The average Bonchev–Trinajstić information content (AvgIpc) is 3.10. The Morgan fingerprint density at radius 2 is 1.52 bits per heavy atom. The first-order valence-electron chi connectivity index (χ1n) is 8.85. The molecule has 1 saturated carbocycles. The molecule has 1 aromatic carbocycles. The van der Waals surface area contributed by atoms with Crippen molar-refractivity contribution < 1.29 is 24.0 Å². The van der Waals surface area contributed by atoms with E-state index < -0.39 is 36.1 Å². The summed E-state index contributed by atoms with van der Waals surface area (Å²) >= 11 is 0. The lowest BCUT2D eigenvalue weighted by Gasteiger charge is -2.32. The van der Waals surface area contributed by atoms with Crippen molar-refractivity contribution in [3.05, 3.63) is 29.8 Å². The average molecular weight is 344 g/mol. The quantitative estimate of drug-likeness (QED) is 0.672. The van der Waals surface area contributed by atoms with Gasteiger partial charge >= 0.3 is 13.1 Å². The minimum absolute atomic E-state index is 0.0784. The van der Waals surface area contributed by atoms with Crippen LogP contribution >= 0.6 is 0 Å². The normalized spacial score (nSPS) is 27.4. The van der Waals surface area contributed by atoms with Crippen LogP contribution in [0.4, 0.5) is 0 Å². The number of carboxylic acid groups (broad SMARTS) is 1. The van der Waals surface area contributed by atoms with Crippen LogP contribution in [0.3, 0.4) is 0 Å². The van der Waals surface area contributed by atoms with E-state index in [0.29, 0.717) is 18.4 Å². The summed E-state index contributed by atoms with van der Waals surface area (Å²) in [5, 5.41) is 9.28. The van der Waals surface area contributed by atoms with Gasteiger partial charge in [-0.2, -0.15) is 0 Å². The van der Waals surface area contributed by atoms with E-state index in [2.05, 4.69) is 0 Å². The number of carbonyl (C=O) groups excluding carboxylic acids is 1. The maximum Gasteiger partial charge on any atom is 0.494 e. The molecular formula is C19H25BO5. The molecule has 2 fully saturated rings. The zero-order valence-electron chi connectivity index (χ0n) is 15.2. The largest absolute Gasteiger partial charge is 0.494 e. The maximum absolute atomic E-state index is 12.7. The van der Waals surface area contributed by atoms with E-state index >= 15 is 0 Å². The van der Waals surface area contributed by atoms with Gasteiger partial charge in [0.15, 0.2) is 5.78 Å². The fourth-order valence-electron chi connectivity index (χ4n) is 3.57. The first-order chi connectivity index (χ1) is 11.6. The fraction of sp³-hybridized carbons (Fsp3) is 0.579. The summed E-state index contributed by atoms with van der Waals surface area (Å²) < 4.78 is 12.0. The van der Waals surface area contributed by atoms with Crippen LogP contribution in [0.25, 0.3) is 0 Å². The lowest BCUT2D eigenvalue weighted by Crippen LogP contribution is -2.41. The highest BCUT2D eigenvalue weighted by atomic mass is 16.7. The van der Waals surface area contributed by atoms with Crippen molar-refractivity contribution in [2.45, 2.75) is 58.2 Å². The molecule has 1 heterocycles. The highest BCUT2D eigenvalue weighted by molar-refractivity contribution is 6.62. The van der Waals surface area contributed by atoms with E-state index in [1.54, 1.807) is 12.1 Å². The third kappa shape index (κ3) is 3.25. The molecule has 0 amide bonds. The predicted octanol–water partition coefficient (Wildman–Crippen LogP) is 2.67. The second kappa shape index (κ2) is 6.25. The van der Waals surface area contributed by atoms with E-state index in [1.165, 1.54) is 0 Å². The number of Topliss-reactive ketones (excluding diaryl/α,β-unsaturated/α-hetero) is 1. The minimum Gasteiger partial charge on any atom is -0.481 e. The Morgan fingerprint density at radius 3 is 2.04 bits per heavy atom. The first kappa shape index (κ1) is 18.1. The van der Waals surface area contributed by atoms with Gasteiger partial charge in [0.1, 0.15) is 0 Å². The second-order valence-electron chi connectivity index (χ2n) is 8.06. The fourth-order valence-corrected chi connectivity index (χ4v) is 3.57. The predicted molar refractivity (Wildman–Crippen MR) is 95.0 cm³/mol. The highest BCUT2D eigenvalue weighted by Crippen LogP contribution is 2.37. The number of aliphatic carboxylic acids is 1. The van der Waals surface area contributed by atoms with E-state index in [0.717, 1.165) is 11.9 Å². The molecule has 0 aromatic heterocycles. The molecule has 2 atom stereocenters. The van der Waals surface area contributed by atoms with Crippen LogP contribution in [0.2, 0.25) is 0 Å². The van der Waals surface area contributed by atoms with E-state index in [4.69, 9.17) is 9.31 Å². The summed E-state index contributed by atoms with van der Waals surface area (Å²) in [6, 6.07) is 7.17. The molecule has 3 rings (SSSR count). The van der Waals surface area contributed by atoms with Crippen LogP contribution in [-0.4, -0.2) is 35.2 Å². The number of carboxylic acids is 1. The maximum atomic E-state index is 12.7. The summed E-state index contributed by atoms with van der Waals surface area (Å²) in [6.45, 7) is 7.99. The van der Waals surface area contributed by atoms with Gasteiger partial charge in [-0.3, -0.25) is 9.59 Å². The molecule has 0 spiro atoms. The summed E-state index contributed by atoms with van der Waals surface area (Å²) in [6.07, 6.45) is 2.02. The number of hydrogen-bond acceptors (Lipinski definition) is 4. The van der Waals surface area contributed by atoms with Crippen LogP contribution in [0, 0.1) is 11.8 Å². The molecule has 134 valence electrons. The molecule has 6 heteroatoms. The van der Waals surface area contributed by atoms with Gasteiger partial charge in [0.2, 0.25) is 0 Å². The molecule has 1 saturated heterocycles. The Hall–Kier alpha value is -1.66. The number of benzene rings is 1. The van der Waals surface area contributed by atoms with Crippen LogP contribution in [0.15, 0.2) is 24.3 Å². The van der Waals surface area contributed by atoms with Gasteiger partial charge in [0, 0.05) is 11.5 Å². The molecule has 0 bridgehead atoms. The smallest absolute Gasteiger partial charge is 0.481 e. The number of rotatable bonds is 4. The Morgan fingerprint density at radius 1 is 1.00 bits per heavy atom. The molecule has 1 aliphatic heterocycles. The van der Waals surface area contributed by atoms with E-state index in [-0.39, 0.29) is 5.78 Å². The van der Waals surface area contributed by atoms with Crippen LogP contribution < -0.4 is 5.46 Å². The van der Waals surface area contributed by atoms with Gasteiger partial charge in [-0.15, -0.1) is 0 Å². The third-order valence-electron chi connectivity index (χ3n) is 5.89. The van der Waals surface area contributed by atoms with Gasteiger partial charge in [0.05, 0.1) is 17.1 Å². The monoisotopic (exact) mass is 344 g/mol. The van der Waals surface area contributed by atoms with Crippen molar-refractivity contribution in [1.82, 2.24) is 0 Å². The van der Waals surface area contributed by atoms with Crippen molar-refractivity contribution in [3.8, 4) is 0 Å². The summed E-state index contributed by atoms with van der Waals surface area (Å²) in [4.78, 5) is 24.0. The molecule has 25 heavy (non-hydrogen) atoms. The summed E-state index contributed by atoms with van der Waals surface area (Å²) in [7, 11) is -0.465. The van der Waals surface area contributed by atoms with Gasteiger partial charge < -0.3 is 14.4 Å². The molecule has 1 aromatic rings. The molecule has 1 N–H and O–H groups in total. The summed E-state index contributed by atoms with van der Waals surface area (Å²) in [5.41, 5.74) is 0.588. The molecule has 5 nitrogen and oxygen atoms in total. The lowest BCUT2D eigenvalue weighted by molar-refractivity contribution is -0.142. The Bertz CT molecular complexity index is 664. The molecule has 1 aliphatic carbocycles. The Balaban J connectivity index is 1.75. The van der Waals surface area contributed by atoms with Crippen LogP contribution in [0.1, 0.15) is 57.3 Å². The summed E-state index contributed by atoms with van der Waals surface area (Å²) in [5.74, 6) is -1.93. The van der Waals surface area contributed by atoms with E-state index in [1.807, 2.05) is 39.8 Å².